The molecule has 0 spiro atoms. The second-order valence-corrected chi connectivity index (χ2v) is 5.46. The minimum absolute atomic E-state index is 0.941. The number of allylic oxidation sites excluding steroid dienone is 2. The van der Waals surface area contributed by atoms with E-state index in [4.69, 9.17) is 0 Å². The summed E-state index contributed by atoms with van der Waals surface area (Å²) in [5, 5.41) is 0. The molecular weight excluding hydrogens is 206 g/mol. The Morgan fingerprint density at radius 1 is 0.941 bits per heavy atom. The van der Waals surface area contributed by atoms with Crippen molar-refractivity contribution in [3.63, 3.8) is 0 Å². The van der Waals surface area contributed by atoms with Gasteiger partial charge in [-0.1, -0.05) is 42.5 Å². The van der Waals surface area contributed by atoms with E-state index in [1.54, 1.807) is 0 Å². The number of likely N-dealkylation sites (tertiary alicyclic amines) is 1. The fourth-order valence-corrected chi connectivity index (χ4v) is 3.23. The summed E-state index contributed by atoms with van der Waals surface area (Å²) >= 11 is 0. The molecule has 17 heavy (non-hydrogen) atoms. The molecule has 3 rings (SSSR count). The maximum absolute atomic E-state index is 2.66. The lowest BCUT2D eigenvalue weighted by Crippen LogP contribution is -2.23. The van der Waals surface area contributed by atoms with Crippen molar-refractivity contribution in [2.45, 2.75) is 19.3 Å². The molecule has 0 bridgehead atoms. The van der Waals surface area contributed by atoms with Crippen LogP contribution in [0.3, 0.4) is 0 Å². The largest absolute Gasteiger partial charge is 0.302 e. The number of rotatable bonds is 3. The normalized spacial score (nSPS) is 28.2. The Morgan fingerprint density at radius 3 is 2.24 bits per heavy atom. The molecule has 1 aliphatic heterocycles. The average Bonchev–Trinajstić information content (AvgIpc) is 2.80. The summed E-state index contributed by atoms with van der Waals surface area (Å²) < 4.78 is 0. The molecule has 1 aliphatic carbocycles. The molecule has 0 amide bonds. The number of benzene rings is 1. The zero-order chi connectivity index (χ0) is 11.5. The molecule has 2 atom stereocenters. The third-order valence-electron chi connectivity index (χ3n) is 4.26. The second kappa shape index (κ2) is 5.05. The Hall–Kier alpha value is -1.08. The highest BCUT2D eigenvalue weighted by Crippen LogP contribution is 2.32. The van der Waals surface area contributed by atoms with E-state index in [0.717, 1.165) is 11.8 Å². The van der Waals surface area contributed by atoms with Crippen molar-refractivity contribution in [3.05, 3.63) is 48.0 Å². The van der Waals surface area contributed by atoms with Gasteiger partial charge in [-0.25, -0.2) is 0 Å². The molecule has 2 aliphatic rings. The van der Waals surface area contributed by atoms with E-state index in [2.05, 4.69) is 47.4 Å². The lowest BCUT2D eigenvalue weighted by Gasteiger charge is -2.18. The average molecular weight is 227 g/mol. The van der Waals surface area contributed by atoms with Gasteiger partial charge in [-0.05, 0) is 36.7 Å². The minimum atomic E-state index is 0.941. The van der Waals surface area contributed by atoms with Crippen LogP contribution in [0, 0.1) is 11.8 Å². The standard InChI is InChI=1S/C16H21N/c1-2-6-14(7-3-1)10-11-17-12-15-8-4-5-9-16(15)13-17/h1-7,15-16H,8-13H2/t15-,16+. The Kier molecular flexibility index (Phi) is 3.28. The highest BCUT2D eigenvalue weighted by atomic mass is 15.1. The summed E-state index contributed by atoms with van der Waals surface area (Å²) in [6.45, 7) is 3.88. The van der Waals surface area contributed by atoms with Crippen molar-refractivity contribution < 1.29 is 0 Å². The fourth-order valence-electron chi connectivity index (χ4n) is 3.23. The third kappa shape index (κ3) is 2.61. The van der Waals surface area contributed by atoms with E-state index in [-0.39, 0.29) is 0 Å². The van der Waals surface area contributed by atoms with Gasteiger partial charge in [0.25, 0.3) is 0 Å². The zero-order valence-corrected chi connectivity index (χ0v) is 10.4. The van der Waals surface area contributed by atoms with Gasteiger partial charge in [0.2, 0.25) is 0 Å². The van der Waals surface area contributed by atoms with Crippen molar-refractivity contribution in [1.82, 2.24) is 4.90 Å². The van der Waals surface area contributed by atoms with Crippen LogP contribution in [0.4, 0.5) is 0 Å². The van der Waals surface area contributed by atoms with Crippen molar-refractivity contribution in [3.8, 4) is 0 Å². The smallest absolute Gasteiger partial charge is 0.00221 e. The monoisotopic (exact) mass is 227 g/mol. The molecule has 1 heterocycles. The Morgan fingerprint density at radius 2 is 1.59 bits per heavy atom. The van der Waals surface area contributed by atoms with Gasteiger partial charge in [0, 0.05) is 19.6 Å². The molecule has 1 heteroatoms. The number of hydrogen-bond donors (Lipinski definition) is 0. The molecular formula is C16H21N. The summed E-state index contributed by atoms with van der Waals surface area (Å²) in [4.78, 5) is 2.66. The Labute approximate surface area is 104 Å². The molecule has 1 nitrogen and oxygen atoms in total. The summed E-state index contributed by atoms with van der Waals surface area (Å²) in [5.41, 5.74) is 1.47. The van der Waals surface area contributed by atoms with Gasteiger partial charge in [0.15, 0.2) is 0 Å². The number of hydrogen-bond acceptors (Lipinski definition) is 1. The number of nitrogens with zero attached hydrogens (tertiary/aromatic N) is 1. The third-order valence-corrected chi connectivity index (χ3v) is 4.26. The van der Waals surface area contributed by atoms with Crippen LogP contribution < -0.4 is 0 Å². The van der Waals surface area contributed by atoms with E-state index in [0.29, 0.717) is 0 Å². The molecule has 0 radical (unpaired) electrons. The van der Waals surface area contributed by atoms with Gasteiger partial charge in [-0.15, -0.1) is 0 Å². The maximum Gasteiger partial charge on any atom is 0.00221 e. The predicted molar refractivity (Wildman–Crippen MR) is 71.9 cm³/mol. The first-order valence-electron chi connectivity index (χ1n) is 6.83. The number of fused-ring (bicyclic) bond motifs is 1. The van der Waals surface area contributed by atoms with Crippen LogP contribution in [0.25, 0.3) is 0 Å². The summed E-state index contributed by atoms with van der Waals surface area (Å²) in [5.74, 6) is 1.88. The minimum Gasteiger partial charge on any atom is -0.302 e. The molecule has 1 aromatic carbocycles. The molecule has 1 fully saturated rings. The Balaban J connectivity index is 1.51. The van der Waals surface area contributed by atoms with Crippen LogP contribution in [0.2, 0.25) is 0 Å². The van der Waals surface area contributed by atoms with E-state index < -0.39 is 0 Å². The summed E-state index contributed by atoms with van der Waals surface area (Å²) in [6, 6.07) is 10.9. The summed E-state index contributed by atoms with van der Waals surface area (Å²) in [6.07, 6.45) is 8.58. The first kappa shape index (κ1) is 11.0. The predicted octanol–water partition coefficient (Wildman–Crippen LogP) is 3.13. The van der Waals surface area contributed by atoms with Crippen molar-refractivity contribution in [2.75, 3.05) is 19.6 Å². The first-order valence-corrected chi connectivity index (χ1v) is 6.83. The molecule has 0 N–H and O–H groups in total. The summed E-state index contributed by atoms with van der Waals surface area (Å²) in [7, 11) is 0. The van der Waals surface area contributed by atoms with Gasteiger partial charge < -0.3 is 4.90 Å². The zero-order valence-electron chi connectivity index (χ0n) is 10.4. The molecule has 1 saturated heterocycles. The quantitative estimate of drug-likeness (QED) is 0.717. The van der Waals surface area contributed by atoms with Gasteiger partial charge in [0.05, 0.1) is 0 Å². The molecule has 90 valence electrons. The van der Waals surface area contributed by atoms with Crippen LogP contribution in [-0.2, 0) is 6.42 Å². The van der Waals surface area contributed by atoms with E-state index in [9.17, 15) is 0 Å². The van der Waals surface area contributed by atoms with E-state index >= 15 is 0 Å². The molecule has 0 unspecified atom stereocenters. The highest BCUT2D eigenvalue weighted by molar-refractivity contribution is 5.15. The van der Waals surface area contributed by atoms with Gasteiger partial charge in [0.1, 0.15) is 0 Å². The molecule has 0 aromatic heterocycles. The van der Waals surface area contributed by atoms with Crippen molar-refractivity contribution >= 4 is 0 Å². The maximum atomic E-state index is 2.66. The topological polar surface area (TPSA) is 3.24 Å². The molecule has 0 saturated carbocycles. The second-order valence-electron chi connectivity index (χ2n) is 5.46. The van der Waals surface area contributed by atoms with E-state index in [1.807, 2.05) is 0 Å². The van der Waals surface area contributed by atoms with Crippen LogP contribution in [0.1, 0.15) is 18.4 Å². The van der Waals surface area contributed by atoms with Crippen LogP contribution in [0.15, 0.2) is 42.5 Å². The van der Waals surface area contributed by atoms with Gasteiger partial charge >= 0.3 is 0 Å². The van der Waals surface area contributed by atoms with E-state index in [1.165, 1.54) is 44.5 Å². The first-order chi connectivity index (χ1) is 8.42. The van der Waals surface area contributed by atoms with Crippen LogP contribution >= 0.6 is 0 Å². The van der Waals surface area contributed by atoms with Crippen molar-refractivity contribution in [1.29, 1.82) is 0 Å². The van der Waals surface area contributed by atoms with Crippen LogP contribution in [0.5, 0.6) is 0 Å². The lowest BCUT2D eigenvalue weighted by atomic mass is 9.86. The fraction of sp³-hybridized carbons (Fsp3) is 0.500. The van der Waals surface area contributed by atoms with Gasteiger partial charge in [-0.2, -0.15) is 0 Å². The highest BCUT2D eigenvalue weighted by Gasteiger charge is 2.32. The van der Waals surface area contributed by atoms with Crippen LogP contribution in [-0.4, -0.2) is 24.5 Å². The Bertz CT molecular complexity index is 366. The lowest BCUT2D eigenvalue weighted by molar-refractivity contribution is 0.326. The van der Waals surface area contributed by atoms with Crippen molar-refractivity contribution in [2.24, 2.45) is 11.8 Å². The van der Waals surface area contributed by atoms with Gasteiger partial charge in [-0.3, -0.25) is 0 Å². The molecule has 1 aromatic rings. The SMILES string of the molecule is C1=CC[C@H]2CN(CCc3ccccc3)C[C@H]2C1.